The van der Waals surface area contributed by atoms with Crippen LogP contribution in [0.15, 0.2) is 0 Å². The third-order valence-corrected chi connectivity index (χ3v) is 6.24. The van der Waals surface area contributed by atoms with E-state index in [4.69, 9.17) is 28.4 Å². The van der Waals surface area contributed by atoms with Crippen molar-refractivity contribution in [3.05, 3.63) is 0 Å². The van der Waals surface area contributed by atoms with Gasteiger partial charge in [-0.15, -0.1) is 0 Å². The molecule has 154 valence electrons. The van der Waals surface area contributed by atoms with E-state index in [1.807, 2.05) is 20.8 Å². The summed E-state index contributed by atoms with van der Waals surface area (Å²) in [7, 11) is 0.415. The minimum absolute atomic E-state index is 0.0597. The van der Waals surface area contributed by atoms with E-state index >= 15 is 0 Å². The first-order valence-corrected chi connectivity index (χ1v) is 13.1. The monoisotopic (exact) mass is 392 g/mol. The second-order valence-corrected chi connectivity index (χ2v) is 14.5. The summed E-state index contributed by atoms with van der Waals surface area (Å²) in [5.74, 6) is -0.775. The maximum Gasteiger partial charge on any atom is 0.186 e. The summed E-state index contributed by atoms with van der Waals surface area (Å²) in [5.41, 5.74) is 0. The minimum atomic E-state index is -1.23. The van der Waals surface area contributed by atoms with Crippen molar-refractivity contribution < 1.29 is 33.5 Å². The lowest BCUT2D eigenvalue weighted by Gasteiger charge is -2.40. The third kappa shape index (κ3) is 6.24. The summed E-state index contributed by atoms with van der Waals surface area (Å²) >= 11 is 0. The molecule has 6 atom stereocenters. The van der Waals surface area contributed by atoms with E-state index < -0.39 is 38.5 Å². The molecule has 0 spiro atoms. The molecule has 0 aromatic carbocycles. The van der Waals surface area contributed by atoms with E-state index in [-0.39, 0.29) is 12.2 Å². The number of ether oxygens (including phenoxy) is 6. The van der Waals surface area contributed by atoms with E-state index in [1.54, 1.807) is 7.11 Å². The Kier molecular flexibility index (Phi) is 7.66. The molecule has 26 heavy (non-hydrogen) atoms. The zero-order valence-electron chi connectivity index (χ0n) is 17.2. The number of hydrogen-bond acceptors (Lipinski definition) is 7. The Bertz CT molecular complexity index is 440. The summed E-state index contributed by atoms with van der Waals surface area (Å²) in [4.78, 5) is 0. The van der Waals surface area contributed by atoms with Crippen molar-refractivity contribution in [2.45, 2.75) is 89.1 Å². The molecule has 0 bridgehead atoms. The zero-order chi connectivity index (χ0) is 19.5. The van der Waals surface area contributed by atoms with Gasteiger partial charge in [0.2, 0.25) is 0 Å². The summed E-state index contributed by atoms with van der Waals surface area (Å²) in [6, 6.07) is 1.00. The molecule has 0 aromatic heterocycles. The van der Waals surface area contributed by atoms with E-state index in [2.05, 4.69) is 19.6 Å². The van der Waals surface area contributed by atoms with Crippen LogP contribution >= 0.6 is 0 Å². The van der Waals surface area contributed by atoms with Crippen LogP contribution in [0.3, 0.4) is 0 Å². The molecular formula is C18H36O7Si. The van der Waals surface area contributed by atoms with Crippen LogP contribution < -0.4 is 0 Å². The summed E-state index contributed by atoms with van der Waals surface area (Å²) < 4.78 is 34.7. The number of rotatable bonds is 9. The van der Waals surface area contributed by atoms with Gasteiger partial charge in [-0.25, -0.2) is 0 Å². The lowest BCUT2D eigenvalue weighted by Crippen LogP contribution is -2.58. The topological polar surface area (TPSA) is 75.6 Å². The van der Waals surface area contributed by atoms with Crippen LogP contribution in [0.4, 0.5) is 0 Å². The highest BCUT2D eigenvalue weighted by atomic mass is 28.3. The first-order valence-electron chi connectivity index (χ1n) is 9.44. The highest BCUT2D eigenvalue weighted by Gasteiger charge is 2.55. The van der Waals surface area contributed by atoms with Gasteiger partial charge in [0.1, 0.15) is 24.4 Å². The van der Waals surface area contributed by atoms with Gasteiger partial charge in [0, 0.05) is 21.8 Å². The normalized spacial score (nSPS) is 35.3. The Labute approximate surface area is 158 Å². The second kappa shape index (κ2) is 8.96. The van der Waals surface area contributed by atoms with Crippen LogP contribution in [0, 0.1) is 0 Å². The van der Waals surface area contributed by atoms with E-state index in [0.29, 0.717) is 19.8 Å². The highest BCUT2D eigenvalue weighted by molar-refractivity contribution is 6.76. The maximum atomic E-state index is 10.7. The Balaban J connectivity index is 2.00. The fraction of sp³-hybridized carbons (Fsp3) is 1.00. The highest BCUT2D eigenvalue weighted by Crippen LogP contribution is 2.38. The second-order valence-electron chi connectivity index (χ2n) is 8.88. The average molecular weight is 393 g/mol. The van der Waals surface area contributed by atoms with Crippen LogP contribution in [0.5, 0.6) is 0 Å². The molecule has 2 fully saturated rings. The van der Waals surface area contributed by atoms with Crippen molar-refractivity contribution in [3.63, 3.8) is 0 Å². The van der Waals surface area contributed by atoms with Crippen LogP contribution in [-0.2, 0) is 28.4 Å². The summed E-state index contributed by atoms with van der Waals surface area (Å²) in [5, 5.41) is 10.7. The van der Waals surface area contributed by atoms with Crippen molar-refractivity contribution in [1.82, 2.24) is 0 Å². The van der Waals surface area contributed by atoms with Gasteiger partial charge in [-0.2, -0.15) is 0 Å². The van der Waals surface area contributed by atoms with Crippen LogP contribution in [0.25, 0.3) is 0 Å². The molecule has 0 amide bonds. The smallest absolute Gasteiger partial charge is 0.186 e. The molecule has 1 unspecified atom stereocenters. The van der Waals surface area contributed by atoms with Crippen molar-refractivity contribution in [2.24, 2.45) is 0 Å². The molecule has 8 heteroatoms. The molecule has 2 heterocycles. The molecular weight excluding hydrogens is 356 g/mol. The largest absolute Gasteiger partial charge is 0.385 e. The molecule has 2 aliphatic rings. The molecule has 2 saturated heterocycles. The number of fused-ring (bicyclic) bond motifs is 1. The quantitative estimate of drug-likeness (QED) is 0.602. The molecule has 7 nitrogen and oxygen atoms in total. The molecule has 2 aliphatic heterocycles. The molecule has 0 radical (unpaired) electrons. The predicted molar refractivity (Wildman–Crippen MR) is 99.9 cm³/mol. The maximum absolute atomic E-state index is 10.7. The fourth-order valence-corrected chi connectivity index (χ4v) is 3.88. The Morgan fingerprint density at radius 2 is 1.81 bits per heavy atom. The number of aliphatic hydroxyl groups is 1. The predicted octanol–water partition coefficient (Wildman–Crippen LogP) is 2.00. The minimum Gasteiger partial charge on any atom is -0.385 e. The first-order chi connectivity index (χ1) is 12.0. The van der Waals surface area contributed by atoms with Crippen molar-refractivity contribution in [1.29, 1.82) is 0 Å². The lowest BCUT2D eigenvalue weighted by atomic mass is 9.99. The number of methoxy groups -OCH3 is 1. The van der Waals surface area contributed by atoms with E-state index in [0.717, 1.165) is 6.04 Å². The van der Waals surface area contributed by atoms with Gasteiger partial charge < -0.3 is 33.5 Å². The molecule has 0 saturated carbocycles. The van der Waals surface area contributed by atoms with Gasteiger partial charge in [-0.05, 0) is 26.8 Å². The van der Waals surface area contributed by atoms with Crippen LogP contribution in [0.2, 0.25) is 25.7 Å². The standard InChI is InChI=1S/C18H36O7Si/c1-12(10-20-4)22-11-13-15-16(25-18(2,3)24-15)14(19)17(23-13)21-8-9-26(5,6)7/h12-17,19H,8-11H2,1-7H3/t12?,13-,14-,15+,16-,17-/m1/s1. The van der Waals surface area contributed by atoms with Gasteiger partial charge in [0.15, 0.2) is 12.1 Å². The van der Waals surface area contributed by atoms with Crippen molar-refractivity contribution >= 4 is 8.07 Å². The average Bonchev–Trinajstić information content (AvgIpc) is 2.83. The van der Waals surface area contributed by atoms with Gasteiger partial charge in [0.25, 0.3) is 0 Å². The van der Waals surface area contributed by atoms with Crippen LogP contribution in [-0.4, -0.2) is 82.7 Å². The summed E-state index contributed by atoms with van der Waals surface area (Å²) in [6.07, 6.45) is -2.96. The zero-order valence-corrected chi connectivity index (χ0v) is 18.2. The van der Waals surface area contributed by atoms with Gasteiger partial charge in [-0.1, -0.05) is 19.6 Å². The third-order valence-electron chi connectivity index (χ3n) is 4.53. The van der Waals surface area contributed by atoms with Gasteiger partial charge >= 0.3 is 0 Å². The Morgan fingerprint density at radius 1 is 1.15 bits per heavy atom. The SMILES string of the molecule is COCC(C)OC[C@H]1O[C@@H](OCC[Si](C)(C)C)[C@H](O)[C@H]2OC(C)(C)O[C@H]21. The Hall–Kier alpha value is -0.0631. The Morgan fingerprint density at radius 3 is 2.42 bits per heavy atom. The number of aliphatic hydroxyl groups excluding tert-OH is 1. The van der Waals surface area contributed by atoms with E-state index in [1.165, 1.54) is 0 Å². The fourth-order valence-electron chi connectivity index (χ4n) is 3.15. The molecule has 0 aliphatic carbocycles. The molecule has 2 rings (SSSR count). The van der Waals surface area contributed by atoms with Gasteiger partial charge in [0.05, 0.1) is 19.3 Å². The lowest BCUT2D eigenvalue weighted by molar-refractivity contribution is -0.284. The van der Waals surface area contributed by atoms with Crippen LogP contribution in [0.1, 0.15) is 20.8 Å². The molecule has 1 N–H and O–H groups in total. The van der Waals surface area contributed by atoms with Gasteiger partial charge in [-0.3, -0.25) is 0 Å². The van der Waals surface area contributed by atoms with Crippen molar-refractivity contribution in [3.8, 4) is 0 Å². The molecule has 0 aromatic rings. The summed E-state index contributed by atoms with van der Waals surface area (Å²) in [6.45, 7) is 13.9. The van der Waals surface area contributed by atoms with E-state index in [9.17, 15) is 5.11 Å². The number of hydrogen-bond donors (Lipinski definition) is 1. The van der Waals surface area contributed by atoms with Crippen molar-refractivity contribution in [2.75, 3.05) is 26.9 Å². The first kappa shape index (κ1) is 22.2.